The monoisotopic (exact) mass is 733 g/mol. The number of nitrogens with zero attached hydrogens (tertiary/aromatic N) is 2. The van der Waals surface area contributed by atoms with Gasteiger partial charge in [0.25, 0.3) is 0 Å². The van der Waals surface area contributed by atoms with Gasteiger partial charge in [-0.1, -0.05) is 20.8 Å². The lowest BCUT2D eigenvalue weighted by molar-refractivity contribution is -0.308. The second kappa shape index (κ2) is 17.7. The molecular formula is C38H72N2O11. The summed E-state index contributed by atoms with van der Waals surface area (Å²) >= 11 is 0. The molecule has 17 atom stereocenters. The Morgan fingerprint density at radius 2 is 1.55 bits per heavy atom. The van der Waals surface area contributed by atoms with Crippen molar-refractivity contribution in [3.05, 3.63) is 0 Å². The molecule has 0 bridgehead atoms. The first-order valence-corrected chi connectivity index (χ1v) is 19.0. The highest BCUT2D eigenvalue weighted by Crippen LogP contribution is 2.40. The minimum Gasteiger partial charge on any atom is -0.459 e. The zero-order valence-corrected chi connectivity index (χ0v) is 33.9. The summed E-state index contributed by atoms with van der Waals surface area (Å²) in [6.45, 7) is 18.6. The fraction of sp³-hybridized carbons (Fsp3) is 0.974. The first kappa shape index (κ1) is 44.4. The van der Waals surface area contributed by atoms with Crippen molar-refractivity contribution in [2.24, 2.45) is 17.8 Å². The summed E-state index contributed by atoms with van der Waals surface area (Å²) in [6.07, 6.45) is -5.02. The molecule has 0 aliphatic carbocycles. The van der Waals surface area contributed by atoms with E-state index in [0.717, 1.165) is 6.42 Å². The Morgan fingerprint density at radius 1 is 0.922 bits per heavy atom. The molecule has 3 unspecified atom stereocenters. The van der Waals surface area contributed by atoms with Gasteiger partial charge in [-0.05, 0) is 94.8 Å². The van der Waals surface area contributed by atoms with Crippen molar-refractivity contribution in [3.8, 4) is 0 Å². The number of likely N-dealkylation sites (N-methyl/N-ethyl adjacent to an activating group) is 1. The third-order valence-electron chi connectivity index (χ3n) is 12.1. The van der Waals surface area contributed by atoms with Crippen LogP contribution in [0.1, 0.15) is 101 Å². The van der Waals surface area contributed by atoms with Crippen LogP contribution in [0.3, 0.4) is 0 Å². The molecule has 3 aliphatic rings. The van der Waals surface area contributed by atoms with Crippen molar-refractivity contribution in [1.82, 2.24) is 9.80 Å². The van der Waals surface area contributed by atoms with Crippen LogP contribution in [0.15, 0.2) is 0 Å². The molecule has 3 fully saturated rings. The van der Waals surface area contributed by atoms with Crippen LogP contribution in [-0.4, -0.2) is 155 Å². The van der Waals surface area contributed by atoms with Crippen LogP contribution in [0.2, 0.25) is 0 Å². The Bertz CT molecular complexity index is 1110. The number of carbonyl (C=O) groups excluding carboxylic acids is 1. The molecule has 13 heteroatoms. The summed E-state index contributed by atoms with van der Waals surface area (Å²) in [6, 6.07) is -0.294. The zero-order valence-electron chi connectivity index (χ0n) is 33.9. The number of aliphatic hydroxyl groups is 4. The predicted molar refractivity (Wildman–Crippen MR) is 193 cm³/mol. The maximum atomic E-state index is 14.2. The highest BCUT2D eigenvalue weighted by atomic mass is 16.7. The maximum absolute atomic E-state index is 14.2. The van der Waals surface area contributed by atoms with Gasteiger partial charge in [-0.15, -0.1) is 0 Å². The van der Waals surface area contributed by atoms with Crippen LogP contribution in [0.4, 0.5) is 0 Å². The first-order chi connectivity index (χ1) is 23.5. The Labute approximate surface area is 307 Å². The smallest absolute Gasteiger partial charge is 0.311 e. The molecule has 0 spiro atoms. The van der Waals surface area contributed by atoms with Crippen LogP contribution < -0.4 is 0 Å². The van der Waals surface area contributed by atoms with Crippen LogP contribution in [0.5, 0.6) is 0 Å². The third-order valence-corrected chi connectivity index (χ3v) is 12.1. The number of carbonyl (C=O) groups is 1. The van der Waals surface area contributed by atoms with Gasteiger partial charge in [0.2, 0.25) is 0 Å². The Balaban J connectivity index is 2.15. The lowest BCUT2D eigenvalue weighted by atomic mass is 9.77. The molecule has 13 nitrogen and oxygen atoms in total. The zero-order chi connectivity index (χ0) is 38.8. The van der Waals surface area contributed by atoms with Gasteiger partial charge in [-0.2, -0.15) is 0 Å². The molecule has 51 heavy (non-hydrogen) atoms. The first-order valence-electron chi connectivity index (χ1n) is 19.0. The van der Waals surface area contributed by atoms with Gasteiger partial charge in [0.1, 0.15) is 23.9 Å². The molecule has 300 valence electrons. The standard InChI is InChI=1S/C38H72N2O11/c1-15-28-38(10,45)32(41)25(6)40(13)20-21(2)18-36(8,44)34(51-29-17-27(39(11)12)16-22(3)47-29)23(4)31(24(5)35(43)49-28)50-30-19-37(9,46-14)33(42)26(7)48-30/h21-34,41-42,44-45H,15-20H2,1-14H3/t21-,22-,23+,24-,25-,26+,27?,28-,29+,30+,31+,32-,33+,34?,36?,37-,38-/m0/s1. The number of hydrogen-bond acceptors (Lipinski definition) is 13. The highest BCUT2D eigenvalue weighted by molar-refractivity contribution is 5.73. The molecular weight excluding hydrogens is 660 g/mol. The van der Waals surface area contributed by atoms with E-state index in [2.05, 4.69) is 4.90 Å². The van der Waals surface area contributed by atoms with Gasteiger partial charge in [-0.3, -0.25) is 4.79 Å². The van der Waals surface area contributed by atoms with Crippen molar-refractivity contribution >= 4 is 5.97 Å². The van der Waals surface area contributed by atoms with E-state index >= 15 is 0 Å². The average Bonchev–Trinajstić information content (AvgIpc) is 3.04. The second-order valence-electron chi connectivity index (χ2n) is 17.1. The Morgan fingerprint density at radius 3 is 2.12 bits per heavy atom. The molecule has 3 aliphatic heterocycles. The number of aliphatic hydroxyl groups excluding tert-OH is 2. The van der Waals surface area contributed by atoms with E-state index in [9.17, 15) is 25.2 Å². The fourth-order valence-corrected chi connectivity index (χ4v) is 8.68. The summed E-state index contributed by atoms with van der Waals surface area (Å²) in [5.74, 6) is -2.27. The number of cyclic esters (lactones) is 1. The summed E-state index contributed by atoms with van der Waals surface area (Å²) in [4.78, 5) is 18.3. The molecule has 3 saturated heterocycles. The van der Waals surface area contributed by atoms with Gasteiger partial charge in [0.15, 0.2) is 12.6 Å². The van der Waals surface area contributed by atoms with E-state index in [1.807, 2.05) is 53.7 Å². The number of methoxy groups -OCH3 is 1. The lowest BCUT2D eigenvalue weighted by Crippen LogP contribution is -2.59. The van der Waals surface area contributed by atoms with E-state index in [-0.39, 0.29) is 30.9 Å². The number of hydrogen-bond donors (Lipinski definition) is 4. The van der Waals surface area contributed by atoms with Gasteiger partial charge >= 0.3 is 5.97 Å². The van der Waals surface area contributed by atoms with Crippen molar-refractivity contribution in [1.29, 1.82) is 0 Å². The quantitative estimate of drug-likeness (QED) is 0.284. The summed E-state index contributed by atoms with van der Waals surface area (Å²) in [7, 11) is 7.47. The van der Waals surface area contributed by atoms with Crippen LogP contribution in [0, 0.1) is 17.8 Å². The summed E-state index contributed by atoms with van der Waals surface area (Å²) in [5, 5.41) is 46.6. The molecule has 0 amide bonds. The van der Waals surface area contributed by atoms with Crippen LogP contribution >= 0.6 is 0 Å². The molecule has 0 saturated carbocycles. The molecule has 3 rings (SSSR count). The highest BCUT2D eigenvalue weighted by Gasteiger charge is 2.52. The van der Waals surface area contributed by atoms with E-state index < -0.39 is 89.9 Å². The molecule has 3 heterocycles. The van der Waals surface area contributed by atoms with Crippen molar-refractivity contribution in [2.45, 2.75) is 186 Å². The van der Waals surface area contributed by atoms with E-state index in [1.165, 1.54) is 14.0 Å². The molecule has 0 radical (unpaired) electrons. The minimum atomic E-state index is -1.77. The number of esters is 1. The molecule has 0 aromatic carbocycles. The van der Waals surface area contributed by atoms with Crippen LogP contribution in [-0.2, 0) is 33.2 Å². The molecule has 0 aromatic heterocycles. The van der Waals surface area contributed by atoms with Gasteiger partial charge in [0.05, 0.1) is 41.5 Å². The SMILES string of the molecule is CC[C@@H]1OC(=O)[C@@H](C)[C@H](O[C@@H]2C[C@](C)(OC)[C@H](O)[C@@H](C)O2)[C@@H](C)C(O[C@@H]2CC(N(C)C)C[C@H](C)O2)C(C)(O)C[C@H](C)CN(C)[C@@H](C)[C@H](O)[C@@]1(C)O. The van der Waals surface area contributed by atoms with E-state index in [4.69, 9.17) is 28.4 Å². The third kappa shape index (κ3) is 10.4. The van der Waals surface area contributed by atoms with E-state index in [0.29, 0.717) is 19.4 Å². The summed E-state index contributed by atoms with van der Waals surface area (Å²) < 4.78 is 37.9. The number of ether oxygens (including phenoxy) is 6. The lowest BCUT2D eigenvalue weighted by Gasteiger charge is -2.48. The Kier molecular flexibility index (Phi) is 15.4. The predicted octanol–water partition coefficient (Wildman–Crippen LogP) is 2.93. The number of rotatable bonds is 7. The van der Waals surface area contributed by atoms with Crippen molar-refractivity contribution < 1.29 is 53.6 Å². The van der Waals surface area contributed by atoms with Crippen LogP contribution in [0.25, 0.3) is 0 Å². The molecule has 0 aromatic rings. The van der Waals surface area contributed by atoms with E-state index in [1.54, 1.807) is 34.6 Å². The fourth-order valence-electron chi connectivity index (χ4n) is 8.68. The van der Waals surface area contributed by atoms with Gasteiger partial charge in [0, 0.05) is 44.5 Å². The minimum absolute atomic E-state index is 0.0724. The van der Waals surface area contributed by atoms with Gasteiger partial charge in [-0.25, -0.2) is 0 Å². The summed E-state index contributed by atoms with van der Waals surface area (Å²) in [5.41, 5.74) is -4.18. The largest absolute Gasteiger partial charge is 0.459 e. The molecule has 4 N–H and O–H groups in total. The van der Waals surface area contributed by atoms with Gasteiger partial charge < -0.3 is 58.6 Å². The van der Waals surface area contributed by atoms with Crippen molar-refractivity contribution in [3.63, 3.8) is 0 Å². The average molecular weight is 733 g/mol. The topological polar surface area (TPSA) is 160 Å². The second-order valence-corrected chi connectivity index (χ2v) is 17.1. The normalized spacial score (nSPS) is 48.9. The maximum Gasteiger partial charge on any atom is 0.311 e. The Hall–Kier alpha value is -0.970. The van der Waals surface area contributed by atoms with Crippen molar-refractivity contribution in [2.75, 3.05) is 34.8 Å².